The number of carbonyl (C=O) groups excluding carboxylic acids is 1. The maximum atomic E-state index is 12.5. The van der Waals surface area contributed by atoms with Crippen molar-refractivity contribution in [1.29, 1.82) is 0 Å². The van der Waals surface area contributed by atoms with E-state index in [9.17, 15) is 4.79 Å². The second kappa shape index (κ2) is 6.34. The second-order valence-electron chi connectivity index (χ2n) is 5.49. The number of fused-ring (bicyclic) bond motifs is 2. The van der Waals surface area contributed by atoms with E-state index in [4.69, 9.17) is 0 Å². The Kier molecular flexibility index (Phi) is 4.06. The van der Waals surface area contributed by atoms with Gasteiger partial charge in [-0.3, -0.25) is 4.79 Å². The molecule has 1 aliphatic heterocycles. The van der Waals surface area contributed by atoms with Crippen molar-refractivity contribution < 1.29 is 4.79 Å². The lowest BCUT2D eigenvalue weighted by Gasteiger charge is -2.16. The van der Waals surface area contributed by atoms with Gasteiger partial charge >= 0.3 is 0 Å². The van der Waals surface area contributed by atoms with E-state index in [0.717, 1.165) is 34.9 Å². The smallest absolute Gasteiger partial charge is 0.237 e. The first kappa shape index (κ1) is 14.7. The number of para-hydroxylation sites is 2. The van der Waals surface area contributed by atoms with E-state index in [1.807, 2.05) is 41.3 Å². The molecule has 0 aliphatic carbocycles. The Morgan fingerprint density at radius 1 is 1.17 bits per heavy atom. The van der Waals surface area contributed by atoms with Crippen molar-refractivity contribution in [2.75, 3.05) is 17.2 Å². The van der Waals surface area contributed by atoms with Crippen LogP contribution in [0.15, 0.2) is 48.5 Å². The molecule has 0 spiro atoms. The van der Waals surface area contributed by atoms with Crippen molar-refractivity contribution in [3.63, 3.8) is 0 Å². The minimum Gasteiger partial charge on any atom is -0.311 e. The minimum absolute atomic E-state index is 0.195. The Morgan fingerprint density at radius 3 is 2.91 bits per heavy atom. The van der Waals surface area contributed by atoms with E-state index in [1.54, 1.807) is 23.1 Å². The van der Waals surface area contributed by atoms with Crippen LogP contribution < -0.4 is 4.90 Å². The molecule has 0 atom stereocenters. The normalized spacial score (nSPS) is 13.5. The molecule has 0 radical (unpaired) electrons. The zero-order valence-corrected chi connectivity index (χ0v) is 14.2. The van der Waals surface area contributed by atoms with E-state index in [2.05, 4.69) is 17.1 Å². The lowest BCUT2D eigenvalue weighted by molar-refractivity contribution is -0.116. The minimum atomic E-state index is 0.195. The highest BCUT2D eigenvalue weighted by molar-refractivity contribution is 7.99. The van der Waals surface area contributed by atoms with E-state index in [-0.39, 0.29) is 5.91 Å². The zero-order valence-electron chi connectivity index (χ0n) is 12.6. The number of amides is 1. The number of carbonyl (C=O) groups is 1. The number of nitrogens with zero attached hydrogens (tertiary/aromatic N) is 2. The van der Waals surface area contributed by atoms with Crippen LogP contribution in [0.4, 0.5) is 5.69 Å². The van der Waals surface area contributed by atoms with Crippen LogP contribution in [-0.2, 0) is 17.0 Å². The number of thioether (sulfide) groups is 1. The molecule has 0 N–H and O–H groups in total. The monoisotopic (exact) mass is 340 g/mol. The van der Waals surface area contributed by atoms with E-state index in [0.29, 0.717) is 5.75 Å². The standard InChI is InChI=1S/C18H16N2OS2/c21-18(20-10-9-13-5-1-3-7-15(13)20)12-22-11-17-19-14-6-2-4-8-16(14)23-17/h1-8H,9-12H2. The molecule has 0 saturated carbocycles. The van der Waals surface area contributed by atoms with Gasteiger partial charge in [-0.05, 0) is 30.2 Å². The molecule has 0 fully saturated rings. The fraction of sp³-hybridized carbons (Fsp3) is 0.222. The van der Waals surface area contributed by atoms with Gasteiger partial charge in [0.15, 0.2) is 0 Å². The third-order valence-electron chi connectivity index (χ3n) is 3.98. The summed E-state index contributed by atoms with van der Waals surface area (Å²) in [5, 5.41) is 1.09. The van der Waals surface area contributed by atoms with Crippen LogP contribution in [0.3, 0.4) is 0 Å². The van der Waals surface area contributed by atoms with Crippen LogP contribution in [0.5, 0.6) is 0 Å². The number of thiazole rings is 1. The first-order valence-electron chi connectivity index (χ1n) is 7.62. The van der Waals surface area contributed by atoms with E-state index in [1.165, 1.54) is 10.3 Å². The van der Waals surface area contributed by atoms with E-state index >= 15 is 0 Å². The van der Waals surface area contributed by atoms with Gasteiger partial charge < -0.3 is 4.90 Å². The van der Waals surface area contributed by atoms with Gasteiger partial charge in [-0.2, -0.15) is 0 Å². The van der Waals surface area contributed by atoms with Crippen molar-refractivity contribution in [1.82, 2.24) is 4.98 Å². The summed E-state index contributed by atoms with van der Waals surface area (Å²) in [6, 6.07) is 16.3. The lowest BCUT2D eigenvalue weighted by Crippen LogP contribution is -2.30. The summed E-state index contributed by atoms with van der Waals surface area (Å²) in [7, 11) is 0. The van der Waals surface area contributed by atoms with Crippen molar-refractivity contribution in [2.45, 2.75) is 12.2 Å². The maximum Gasteiger partial charge on any atom is 0.237 e. The first-order valence-corrected chi connectivity index (χ1v) is 9.59. The van der Waals surface area contributed by atoms with Crippen LogP contribution >= 0.6 is 23.1 Å². The van der Waals surface area contributed by atoms with Gasteiger partial charge in [-0.25, -0.2) is 4.98 Å². The summed E-state index contributed by atoms with van der Waals surface area (Å²) in [5.41, 5.74) is 3.41. The summed E-state index contributed by atoms with van der Waals surface area (Å²) < 4.78 is 1.21. The van der Waals surface area contributed by atoms with Gasteiger partial charge in [0.25, 0.3) is 0 Å². The predicted molar refractivity (Wildman–Crippen MR) is 98.3 cm³/mol. The molecule has 3 aromatic rings. The number of aromatic nitrogens is 1. The van der Waals surface area contributed by atoms with Crippen molar-refractivity contribution in [3.05, 3.63) is 59.1 Å². The van der Waals surface area contributed by atoms with Gasteiger partial charge in [0.2, 0.25) is 5.91 Å². The highest BCUT2D eigenvalue weighted by Gasteiger charge is 2.23. The summed E-state index contributed by atoms with van der Waals surface area (Å²) in [4.78, 5) is 19.0. The number of hydrogen-bond donors (Lipinski definition) is 0. The maximum absolute atomic E-state index is 12.5. The molecule has 4 rings (SSSR count). The molecule has 2 aromatic carbocycles. The molecular formula is C18H16N2OS2. The van der Waals surface area contributed by atoms with Crippen molar-refractivity contribution >= 4 is 44.9 Å². The van der Waals surface area contributed by atoms with Gasteiger partial charge in [0, 0.05) is 18.0 Å². The van der Waals surface area contributed by atoms with Crippen LogP contribution in [0, 0.1) is 0 Å². The molecule has 1 amide bonds. The molecule has 2 heterocycles. The quantitative estimate of drug-likeness (QED) is 0.716. The molecule has 23 heavy (non-hydrogen) atoms. The summed E-state index contributed by atoms with van der Waals surface area (Å²) in [6.45, 7) is 0.805. The average molecular weight is 340 g/mol. The summed E-state index contributed by atoms with van der Waals surface area (Å²) >= 11 is 3.36. The van der Waals surface area contributed by atoms with Gasteiger partial charge in [0.05, 0.1) is 16.0 Å². The highest BCUT2D eigenvalue weighted by Crippen LogP contribution is 2.29. The third-order valence-corrected chi connectivity index (χ3v) is 6.13. The van der Waals surface area contributed by atoms with E-state index < -0.39 is 0 Å². The van der Waals surface area contributed by atoms with Crippen LogP contribution in [0.1, 0.15) is 10.6 Å². The molecule has 0 unspecified atom stereocenters. The third kappa shape index (κ3) is 2.99. The van der Waals surface area contributed by atoms with Gasteiger partial charge in [-0.1, -0.05) is 30.3 Å². The highest BCUT2D eigenvalue weighted by atomic mass is 32.2. The molecule has 1 aliphatic rings. The number of rotatable bonds is 4. The lowest BCUT2D eigenvalue weighted by atomic mass is 10.2. The van der Waals surface area contributed by atoms with Crippen molar-refractivity contribution in [2.24, 2.45) is 0 Å². The first-order chi connectivity index (χ1) is 11.3. The van der Waals surface area contributed by atoms with Gasteiger partial charge in [0.1, 0.15) is 5.01 Å². The Hall–Kier alpha value is -1.85. The summed E-state index contributed by atoms with van der Waals surface area (Å²) in [5.74, 6) is 1.49. The second-order valence-corrected chi connectivity index (χ2v) is 7.59. The Morgan fingerprint density at radius 2 is 2.00 bits per heavy atom. The Labute approximate surface area is 143 Å². The topological polar surface area (TPSA) is 33.2 Å². The molecule has 0 saturated heterocycles. The van der Waals surface area contributed by atoms with Crippen LogP contribution in [-0.4, -0.2) is 23.2 Å². The molecule has 1 aromatic heterocycles. The number of hydrogen-bond acceptors (Lipinski definition) is 4. The van der Waals surface area contributed by atoms with Gasteiger partial charge in [-0.15, -0.1) is 23.1 Å². The molecule has 3 nitrogen and oxygen atoms in total. The van der Waals surface area contributed by atoms with Crippen LogP contribution in [0.25, 0.3) is 10.2 Å². The molecule has 5 heteroatoms. The molecular weight excluding hydrogens is 324 g/mol. The van der Waals surface area contributed by atoms with Crippen LogP contribution in [0.2, 0.25) is 0 Å². The SMILES string of the molecule is O=C(CSCc1nc2ccccc2s1)N1CCc2ccccc21. The fourth-order valence-corrected chi connectivity index (χ4v) is 4.80. The molecule has 0 bridgehead atoms. The van der Waals surface area contributed by atoms with Crippen molar-refractivity contribution in [3.8, 4) is 0 Å². The largest absolute Gasteiger partial charge is 0.311 e. The Bertz CT molecular complexity index is 826. The number of benzene rings is 2. The summed E-state index contributed by atoms with van der Waals surface area (Å²) in [6.07, 6.45) is 0.963. The number of anilines is 1. The fourth-order valence-electron chi connectivity index (χ4n) is 2.88. The zero-order chi connectivity index (χ0) is 15.6. The predicted octanol–water partition coefficient (Wildman–Crippen LogP) is 4.12. The molecule has 116 valence electrons. The Balaban J connectivity index is 1.37. The average Bonchev–Trinajstić information content (AvgIpc) is 3.18.